The Morgan fingerprint density at radius 3 is 2.57 bits per heavy atom. The zero-order valence-electron chi connectivity index (χ0n) is 12.1. The lowest BCUT2D eigenvalue weighted by Crippen LogP contribution is -2.42. The lowest BCUT2D eigenvalue weighted by molar-refractivity contribution is 0.143. The van der Waals surface area contributed by atoms with Gasteiger partial charge in [0.2, 0.25) is 5.95 Å². The van der Waals surface area contributed by atoms with Gasteiger partial charge in [-0.25, -0.2) is 4.98 Å². The Balaban J connectivity index is 1.57. The molecule has 0 atom stereocenters. The molecule has 3 heterocycles. The lowest BCUT2D eigenvalue weighted by atomic mass is 9.68. The van der Waals surface area contributed by atoms with Gasteiger partial charge in [-0.2, -0.15) is 0 Å². The van der Waals surface area contributed by atoms with E-state index in [0.29, 0.717) is 5.41 Å². The highest BCUT2D eigenvalue weighted by Gasteiger charge is 2.36. The van der Waals surface area contributed by atoms with E-state index in [2.05, 4.69) is 42.7 Å². The summed E-state index contributed by atoms with van der Waals surface area (Å²) in [5.74, 6) is 1.00. The minimum Gasteiger partial charge on any atom is -0.342 e. The molecule has 0 aromatic carbocycles. The van der Waals surface area contributed by atoms with Crippen LogP contribution in [0.25, 0.3) is 5.65 Å². The van der Waals surface area contributed by atoms with Crippen LogP contribution in [0.5, 0.6) is 0 Å². The molecule has 2 aromatic heterocycles. The number of nitrogens with zero attached hydrogens (tertiary/aromatic N) is 5. The largest absolute Gasteiger partial charge is 0.342 e. The van der Waals surface area contributed by atoms with Crippen LogP contribution >= 0.6 is 22.6 Å². The second-order valence-electron chi connectivity index (χ2n) is 6.48. The van der Waals surface area contributed by atoms with Crippen LogP contribution in [0.4, 0.5) is 5.95 Å². The quantitative estimate of drug-likeness (QED) is 0.693. The summed E-state index contributed by atoms with van der Waals surface area (Å²) in [6, 6.07) is 0. The minimum absolute atomic E-state index is 0.629. The molecule has 0 unspecified atom stereocenters. The zero-order chi connectivity index (χ0) is 14.3. The van der Waals surface area contributed by atoms with E-state index in [1.54, 1.807) is 6.33 Å². The molecule has 6 heteroatoms. The summed E-state index contributed by atoms with van der Waals surface area (Å²) < 4.78 is 3.08. The molecule has 0 N–H and O–H groups in total. The Morgan fingerprint density at radius 2 is 1.81 bits per heavy atom. The molecule has 1 saturated carbocycles. The van der Waals surface area contributed by atoms with Gasteiger partial charge in [0.15, 0.2) is 5.65 Å². The average molecular weight is 397 g/mol. The molecule has 4 rings (SSSR count). The summed E-state index contributed by atoms with van der Waals surface area (Å²) >= 11 is 2.27. The van der Waals surface area contributed by atoms with Crippen LogP contribution in [0.15, 0.2) is 12.5 Å². The molecule has 112 valence electrons. The third-order valence-corrected chi connectivity index (χ3v) is 6.05. The third kappa shape index (κ3) is 2.41. The van der Waals surface area contributed by atoms with Gasteiger partial charge in [-0.1, -0.05) is 19.3 Å². The second kappa shape index (κ2) is 5.37. The summed E-state index contributed by atoms with van der Waals surface area (Å²) in [5.41, 5.74) is 1.54. The van der Waals surface area contributed by atoms with E-state index < -0.39 is 0 Å². The van der Waals surface area contributed by atoms with Crippen LogP contribution in [0.2, 0.25) is 0 Å². The summed E-state index contributed by atoms with van der Waals surface area (Å²) in [7, 11) is 0. The van der Waals surface area contributed by atoms with Gasteiger partial charge in [-0.15, -0.1) is 10.2 Å². The molecule has 0 amide bonds. The van der Waals surface area contributed by atoms with E-state index in [-0.39, 0.29) is 0 Å². The Hall–Kier alpha value is -0.920. The van der Waals surface area contributed by atoms with E-state index in [0.717, 1.165) is 28.3 Å². The molecule has 5 nitrogen and oxygen atoms in total. The second-order valence-corrected chi connectivity index (χ2v) is 7.64. The van der Waals surface area contributed by atoms with Crippen molar-refractivity contribution in [1.29, 1.82) is 0 Å². The highest BCUT2D eigenvalue weighted by atomic mass is 127. The predicted octanol–water partition coefficient (Wildman–Crippen LogP) is 3.28. The molecule has 1 aliphatic carbocycles. The van der Waals surface area contributed by atoms with E-state index in [9.17, 15) is 0 Å². The van der Waals surface area contributed by atoms with Crippen molar-refractivity contribution in [2.24, 2.45) is 5.41 Å². The van der Waals surface area contributed by atoms with Crippen LogP contribution in [0, 0.1) is 8.99 Å². The number of aromatic nitrogens is 4. The highest BCUT2D eigenvalue weighted by molar-refractivity contribution is 14.1. The van der Waals surface area contributed by atoms with E-state index in [1.807, 2.05) is 10.6 Å². The van der Waals surface area contributed by atoms with Crippen molar-refractivity contribution in [3.63, 3.8) is 0 Å². The molecule has 0 radical (unpaired) electrons. The fourth-order valence-electron chi connectivity index (χ4n) is 4.00. The molecule has 2 aliphatic rings. The van der Waals surface area contributed by atoms with Crippen molar-refractivity contribution < 1.29 is 0 Å². The predicted molar refractivity (Wildman–Crippen MR) is 90.5 cm³/mol. The molecule has 2 aromatic rings. The normalized spacial score (nSPS) is 22.0. The van der Waals surface area contributed by atoms with E-state index in [1.165, 1.54) is 44.9 Å². The minimum atomic E-state index is 0.629. The SMILES string of the molecule is Ic1cnc(N2CCC3(CCCCC3)CC2)n2cnnc12. The molecule has 2 fully saturated rings. The van der Waals surface area contributed by atoms with Crippen LogP contribution in [-0.2, 0) is 0 Å². The Bertz CT molecular complexity index is 637. The maximum Gasteiger partial charge on any atom is 0.212 e. The first kappa shape index (κ1) is 13.7. The van der Waals surface area contributed by atoms with Gasteiger partial charge >= 0.3 is 0 Å². The van der Waals surface area contributed by atoms with Gasteiger partial charge in [-0.05, 0) is 53.7 Å². The molecule has 0 bridgehead atoms. The first-order chi connectivity index (χ1) is 10.3. The standard InChI is InChI=1S/C15H20IN5/c16-12-10-17-14(21-11-18-19-13(12)21)20-8-6-15(7-9-20)4-2-1-3-5-15/h10-11H,1-9H2. The smallest absolute Gasteiger partial charge is 0.212 e. The average Bonchev–Trinajstić information content (AvgIpc) is 3.00. The molecule has 1 saturated heterocycles. The molecular weight excluding hydrogens is 377 g/mol. The van der Waals surface area contributed by atoms with E-state index >= 15 is 0 Å². The Labute approximate surface area is 138 Å². The van der Waals surface area contributed by atoms with Crippen molar-refractivity contribution >= 4 is 34.2 Å². The number of piperidine rings is 1. The molecule has 21 heavy (non-hydrogen) atoms. The molecular formula is C15H20IN5. The number of anilines is 1. The van der Waals surface area contributed by atoms with Gasteiger partial charge in [-0.3, -0.25) is 4.40 Å². The lowest BCUT2D eigenvalue weighted by Gasteiger charge is -2.44. The van der Waals surface area contributed by atoms with Gasteiger partial charge in [0.25, 0.3) is 0 Å². The summed E-state index contributed by atoms with van der Waals surface area (Å²) in [5, 5.41) is 8.24. The van der Waals surface area contributed by atoms with Gasteiger partial charge < -0.3 is 4.90 Å². The van der Waals surface area contributed by atoms with Crippen molar-refractivity contribution in [1.82, 2.24) is 19.6 Å². The van der Waals surface area contributed by atoms with Gasteiger partial charge in [0.1, 0.15) is 6.33 Å². The van der Waals surface area contributed by atoms with Crippen molar-refractivity contribution in [3.05, 3.63) is 16.1 Å². The summed E-state index contributed by atoms with van der Waals surface area (Å²) in [4.78, 5) is 7.05. The first-order valence-corrected chi connectivity index (χ1v) is 8.95. The number of halogens is 1. The number of hydrogen-bond donors (Lipinski definition) is 0. The molecule has 1 spiro atoms. The fraction of sp³-hybridized carbons (Fsp3) is 0.667. The Kier molecular flexibility index (Phi) is 3.51. The summed E-state index contributed by atoms with van der Waals surface area (Å²) in [6.07, 6.45) is 13.5. The van der Waals surface area contributed by atoms with Crippen LogP contribution in [0.3, 0.4) is 0 Å². The monoisotopic (exact) mass is 397 g/mol. The van der Waals surface area contributed by atoms with E-state index in [4.69, 9.17) is 0 Å². The third-order valence-electron chi connectivity index (χ3n) is 5.29. The zero-order valence-corrected chi connectivity index (χ0v) is 14.3. The fourth-order valence-corrected chi connectivity index (χ4v) is 4.50. The van der Waals surface area contributed by atoms with Crippen molar-refractivity contribution in [3.8, 4) is 0 Å². The van der Waals surface area contributed by atoms with Crippen LogP contribution < -0.4 is 4.90 Å². The number of hydrogen-bond acceptors (Lipinski definition) is 4. The first-order valence-electron chi connectivity index (χ1n) is 7.87. The Morgan fingerprint density at radius 1 is 1.05 bits per heavy atom. The molecule has 1 aliphatic heterocycles. The summed E-state index contributed by atoms with van der Waals surface area (Å²) in [6.45, 7) is 2.22. The van der Waals surface area contributed by atoms with Crippen LogP contribution in [-0.4, -0.2) is 32.7 Å². The number of fused-ring (bicyclic) bond motifs is 1. The van der Waals surface area contributed by atoms with Gasteiger partial charge in [0.05, 0.1) is 3.57 Å². The topological polar surface area (TPSA) is 46.3 Å². The van der Waals surface area contributed by atoms with Crippen molar-refractivity contribution in [2.75, 3.05) is 18.0 Å². The van der Waals surface area contributed by atoms with Crippen LogP contribution in [0.1, 0.15) is 44.9 Å². The van der Waals surface area contributed by atoms with Gasteiger partial charge in [0, 0.05) is 19.3 Å². The number of rotatable bonds is 1. The highest BCUT2D eigenvalue weighted by Crippen LogP contribution is 2.44. The maximum absolute atomic E-state index is 4.64. The van der Waals surface area contributed by atoms with Crippen molar-refractivity contribution in [2.45, 2.75) is 44.9 Å². The maximum atomic E-state index is 4.64.